The van der Waals surface area contributed by atoms with Gasteiger partial charge in [0.05, 0.1) is 38.0 Å². The molecule has 0 saturated carbocycles. The molecule has 1 aromatic heterocycles. The number of hydrogen-bond donors (Lipinski definition) is 1. The van der Waals surface area contributed by atoms with Gasteiger partial charge in [-0.15, -0.1) is 0 Å². The van der Waals surface area contributed by atoms with Crippen LogP contribution in [-0.4, -0.2) is 72.0 Å². The Morgan fingerprint density at radius 1 is 0.950 bits per heavy atom. The molecule has 4 heterocycles. The number of anilines is 5. The molecular weight excluding hydrogens is 594 g/mol. The second-order valence-corrected chi connectivity index (χ2v) is 11.8. The van der Waals surface area contributed by atoms with Gasteiger partial charge in [-0.3, -0.25) is 19.6 Å². The summed E-state index contributed by atoms with van der Waals surface area (Å²) >= 11 is 26.4. The van der Waals surface area contributed by atoms with Crippen LogP contribution in [0.2, 0.25) is 20.1 Å². The molecule has 0 unspecified atom stereocenters. The summed E-state index contributed by atoms with van der Waals surface area (Å²) in [6.45, 7) is 7.06. The number of carbonyl (C=O) groups excluding carboxylic acids is 1. The maximum atomic E-state index is 13.6. The van der Waals surface area contributed by atoms with Gasteiger partial charge in [0.1, 0.15) is 5.56 Å². The molecule has 6 rings (SSSR count). The van der Waals surface area contributed by atoms with Crippen LogP contribution in [0, 0.1) is 0 Å². The van der Waals surface area contributed by atoms with Gasteiger partial charge in [-0.2, -0.15) is 4.98 Å². The van der Waals surface area contributed by atoms with E-state index in [0.717, 1.165) is 18.8 Å². The fourth-order valence-corrected chi connectivity index (χ4v) is 6.68. The van der Waals surface area contributed by atoms with Crippen LogP contribution in [0.15, 0.2) is 41.5 Å². The minimum atomic E-state index is -0.362. The van der Waals surface area contributed by atoms with E-state index in [4.69, 9.17) is 46.4 Å². The highest BCUT2D eigenvalue weighted by Gasteiger charge is 2.41. The van der Waals surface area contributed by atoms with Crippen molar-refractivity contribution in [3.8, 4) is 0 Å². The Morgan fingerprint density at radius 3 is 2.25 bits per heavy atom. The van der Waals surface area contributed by atoms with Crippen molar-refractivity contribution in [3.05, 3.63) is 62.2 Å². The number of nitrogens with zero attached hydrogens (tertiary/aromatic N) is 7. The van der Waals surface area contributed by atoms with Crippen molar-refractivity contribution in [1.29, 1.82) is 0 Å². The van der Waals surface area contributed by atoms with E-state index in [1.807, 2.05) is 17.0 Å². The van der Waals surface area contributed by atoms with E-state index in [-0.39, 0.29) is 5.91 Å². The maximum Gasteiger partial charge on any atom is 0.270 e. The minimum absolute atomic E-state index is 0.295. The van der Waals surface area contributed by atoms with E-state index < -0.39 is 0 Å². The molecule has 0 bridgehead atoms. The zero-order valence-corrected chi connectivity index (χ0v) is 25.0. The number of rotatable bonds is 4. The number of amides is 1. The van der Waals surface area contributed by atoms with E-state index in [2.05, 4.69) is 51.0 Å². The average Bonchev–Trinajstić information content (AvgIpc) is 3.38. The lowest BCUT2D eigenvalue weighted by Gasteiger charge is -2.44. The molecule has 2 atom stereocenters. The molecule has 2 aromatic carbocycles. The highest BCUT2D eigenvalue weighted by Crippen LogP contribution is 2.41. The summed E-state index contributed by atoms with van der Waals surface area (Å²) in [5, 5.41) is 4.95. The second kappa shape index (κ2) is 10.5. The predicted octanol–water partition coefficient (Wildman–Crippen LogP) is 6.20. The van der Waals surface area contributed by atoms with E-state index in [0.29, 0.717) is 79.9 Å². The van der Waals surface area contributed by atoms with Gasteiger partial charge in [0.2, 0.25) is 11.9 Å². The van der Waals surface area contributed by atoms with Crippen molar-refractivity contribution in [2.24, 2.45) is 4.99 Å². The SMILES string of the molecule is C[C@@H]1CN(c2c(Cl)cc(Nc3ncc4c(n3)N3CCN=C3N(c3c(Cl)cccc3Cl)C4=O)cc2Cl)C[C@H](C)N1C. The van der Waals surface area contributed by atoms with Gasteiger partial charge in [-0.25, -0.2) is 9.88 Å². The van der Waals surface area contributed by atoms with Gasteiger partial charge in [0, 0.05) is 43.6 Å². The Balaban J connectivity index is 1.30. The van der Waals surface area contributed by atoms with E-state index >= 15 is 0 Å². The molecule has 40 heavy (non-hydrogen) atoms. The molecule has 1 amide bonds. The molecule has 0 radical (unpaired) electrons. The molecule has 1 N–H and O–H groups in total. The number of benzene rings is 2. The van der Waals surface area contributed by atoms with Crippen LogP contribution in [0.4, 0.5) is 28.8 Å². The fraction of sp³-hybridized carbons (Fsp3) is 0.333. The minimum Gasteiger partial charge on any atom is -0.366 e. The topological polar surface area (TPSA) is 80.2 Å². The highest BCUT2D eigenvalue weighted by molar-refractivity contribution is 6.44. The summed E-state index contributed by atoms with van der Waals surface area (Å²) in [7, 11) is 2.13. The smallest absolute Gasteiger partial charge is 0.270 e. The maximum absolute atomic E-state index is 13.6. The van der Waals surface area contributed by atoms with E-state index in [1.54, 1.807) is 18.2 Å². The number of aliphatic imine (C=N–C) groups is 1. The van der Waals surface area contributed by atoms with Crippen LogP contribution in [0.1, 0.15) is 24.2 Å². The first-order valence-corrected chi connectivity index (χ1v) is 14.4. The van der Waals surface area contributed by atoms with Crippen molar-refractivity contribution in [1.82, 2.24) is 14.9 Å². The van der Waals surface area contributed by atoms with Crippen LogP contribution in [-0.2, 0) is 0 Å². The third kappa shape index (κ3) is 4.63. The molecule has 13 heteroatoms. The first-order chi connectivity index (χ1) is 19.1. The molecule has 0 spiro atoms. The lowest BCUT2D eigenvalue weighted by molar-refractivity contribution is 0.1000. The second-order valence-electron chi connectivity index (χ2n) is 10.2. The van der Waals surface area contributed by atoms with Crippen LogP contribution in [0.25, 0.3) is 0 Å². The summed E-state index contributed by atoms with van der Waals surface area (Å²) in [6, 6.07) is 9.45. The number of likely N-dealkylation sites (N-methyl/N-ethyl adjacent to an activating group) is 1. The van der Waals surface area contributed by atoms with Crippen LogP contribution in [0.5, 0.6) is 0 Å². The molecular formula is C27H26Cl4N8O. The Morgan fingerprint density at radius 2 is 1.60 bits per heavy atom. The summed E-state index contributed by atoms with van der Waals surface area (Å²) in [4.78, 5) is 35.2. The largest absolute Gasteiger partial charge is 0.366 e. The summed E-state index contributed by atoms with van der Waals surface area (Å²) in [5.74, 6) is 0.805. The van der Waals surface area contributed by atoms with Crippen LogP contribution in [0.3, 0.4) is 0 Å². The number of hydrogen-bond acceptors (Lipinski definition) is 8. The Hall–Kier alpha value is -2.82. The van der Waals surface area contributed by atoms with Crippen molar-refractivity contribution in [3.63, 3.8) is 0 Å². The Labute approximate surface area is 252 Å². The monoisotopic (exact) mass is 618 g/mol. The number of halogens is 4. The molecule has 3 aromatic rings. The Bertz CT molecular complexity index is 1490. The predicted molar refractivity (Wildman–Crippen MR) is 164 cm³/mol. The molecule has 0 aliphatic carbocycles. The molecule has 3 aliphatic heterocycles. The summed E-state index contributed by atoms with van der Waals surface area (Å²) in [5.41, 5.74) is 2.14. The number of piperazine rings is 1. The molecule has 9 nitrogen and oxygen atoms in total. The van der Waals surface area contributed by atoms with Crippen molar-refractivity contribution in [2.75, 3.05) is 53.2 Å². The molecule has 3 aliphatic rings. The number of para-hydroxylation sites is 1. The molecule has 1 fully saturated rings. The summed E-state index contributed by atoms with van der Waals surface area (Å²) < 4.78 is 0. The van der Waals surface area contributed by atoms with Gasteiger partial charge >= 0.3 is 0 Å². The van der Waals surface area contributed by atoms with Crippen LogP contribution >= 0.6 is 46.4 Å². The third-order valence-corrected chi connectivity index (χ3v) is 8.77. The van der Waals surface area contributed by atoms with Gasteiger partial charge in [0.15, 0.2) is 5.82 Å². The van der Waals surface area contributed by atoms with Crippen LogP contribution < -0.4 is 20.0 Å². The number of fused-ring (bicyclic) bond motifs is 3. The van der Waals surface area contributed by atoms with Crippen molar-refractivity contribution < 1.29 is 4.79 Å². The highest BCUT2D eigenvalue weighted by atomic mass is 35.5. The third-order valence-electron chi connectivity index (χ3n) is 7.59. The van der Waals surface area contributed by atoms with Crippen molar-refractivity contribution in [2.45, 2.75) is 25.9 Å². The molecule has 1 saturated heterocycles. The number of nitrogens with one attached hydrogen (secondary N) is 1. The lowest BCUT2D eigenvalue weighted by Crippen LogP contribution is -2.55. The quantitative estimate of drug-likeness (QED) is 0.372. The Kier molecular flexibility index (Phi) is 7.21. The fourth-order valence-electron chi connectivity index (χ4n) is 5.39. The molecule has 208 valence electrons. The van der Waals surface area contributed by atoms with Gasteiger partial charge < -0.3 is 10.2 Å². The number of carbonyl (C=O) groups is 1. The van der Waals surface area contributed by atoms with E-state index in [1.165, 1.54) is 11.1 Å². The standard InChI is InChI=1S/C27H26Cl4N8O/c1-14-12-37(13-15(2)36(14)3)22-20(30)9-16(10-21(22)31)34-26-33-11-17-24(35-26)38-8-7-32-27(38)39(25(17)40)23-18(28)5-4-6-19(23)29/h4-6,9-11,14-15H,7-8,12-13H2,1-3H3,(H,33,34,35)/t14-,15+. The van der Waals surface area contributed by atoms with Gasteiger partial charge in [0.25, 0.3) is 5.91 Å². The zero-order chi connectivity index (χ0) is 28.3. The first-order valence-electron chi connectivity index (χ1n) is 12.8. The normalized spacial score (nSPS) is 20.9. The number of guanidine groups is 1. The lowest BCUT2D eigenvalue weighted by atomic mass is 10.1. The zero-order valence-electron chi connectivity index (χ0n) is 22.0. The first kappa shape index (κ1) is 27.4. The summed E-state index contributed by atoms with van der Waals surface area (Å²) in [6.07, 6.45) is 1.49. The van der Waals surface area contributed by atoms with Crippen molar-refractivity contribution >= 4 is 87.1 Å². The average molecular weight is 620 g/mol. The van der Waals surface area contributed by atoms with E-state index in [9.17, 15) is 4.79 Å². The van der Waals surface area contributed by atoms with Gasteiger partial charge in [-0.05, 0) is 45.2 Å². The van der Waals surface area contributed by atoms with Gasteiger partial charge in [-0.1, -0.05) is 52.5 Å². The number of aromatic nitrogens is 2.